The van der Waals surface area contributed by atoms with E-state index < -0.39 is 0 Å². The molecule has 1 fully saturated rings. The molecule has 0 spiro atoms. The first-order chi connectivity index (χ1) is 20.4. The van der Waals surface area contributed by atoms with Gasteiger partial charge in [-0.05, 0) is 87.7 Å². The van der Waals surface area contributed by atoms with Crippen molar-refractivity contribution in [2.45, 2.75) is 32.1 Å². The number of aryl methyl sites for hydroxylation is 1. The Morgan fingerprint density at radius 2 is 1.88 bits per heavy atom. The largest absolute Gasteiger partial charge is 0.457 e. The van der Waals surface area contributed by atoms with E-state index in [-0.39, 0.29) is 5.91 Å². The molecule has 6 rings (SSSR count). The van der Waals surface area contributed by atoms with Crippen molar-refractivity contribution in [3.63, 3.8) is 0 Å². The SMILES string of the molecule is Cc1cc(Nc2ncnn3ccc([C@@H]4CCCN(C(=O)/C=C/CN(C)C)CC4)c23)ccc1Oc1ccn2ncnc2c1. The highest BCUT2D eigenvalue weighted by molar-refractivity contribution is 5.87. The molecule has 5 aromatic rings. The van der Waals surface area contributed by atoms with Crippen LogP contribution in [0.1, 0.15) is 36.3 Å². The number of hydrogen-bond donors (Lipinski definition) is 1. The van der Waals surface area contributed by atoms with Crippen LogP contribution in [0.15, 0.2) is 73.6 Å². The molecule has 4 aromatic heterocycles. The Morgan fingerprint density at radius 3 is 2.74 bits per heavy atom. The summed E-state index contributed by atoms with van der Waals surface area (Å²) in [6.07, 6.45) is 13.4. The van der Waals surface area contributed by atoms with Crippen molar-refractivity contribution in [1.29, 1.82) is 0 Å². The highest BCUT2D eigenvalue weighted by Crippen LogP contribution is 2.35. The fourth-order valence-electron chi connectivity index (χ4n) is 5.46. The van der Waals surface area contributed by atoms with Crippen molar-refractivity contribution in [1.82, 2.24) is 39.0 Å². The number of benzene rings is 1. The topological polar surface area (TPSA) is 105 Å². The summed E-state index contributed by atoms with van der Waals surface area (Å²) in [5, 5.41) is 12.1. The second-order valence-electron chi connectivity index (χ2n) is 10.9. The van der Waals surface area contributed by atoms with Crippen molar-refractivity contribution in [3.05, 3.63) is 84.7 Å². The Kier molecular flexibility index (Phi) is 7.83. The van der Waals surface area contributed by atoms with Crippen LogP contribution in [0, 0.1) is 6.92 Å². The summed E-state index contributed by atoms with van der Waals surface area (Å²) in [6, 6.07) is 11.8. The maximum atomic E-state index is 12.8. The molecule has 0 bridgehead atoms. The van der Waals surface area contributed by atoms with Crippen molar-refractivity contribution < 1.29 is 9.53 Å². The van der Waals surface area contributed by atoms with Crippen LogP contribution < -0.4 is 10.1 Å². The van der Waals surface area contributed by atoms with Gasteiger partial charge in [0.1, 0.15) is 29.7 Å². The molecule has 1 aliphatic heterocycles. The van der Waals surface area contributed by atoms with Crippen LogP contribution in [0.4, 0.5) is 11.5 Å². The second-order valence-corrected chi connectivity index (χ2v) is 10.9. The Morgan fingerprint density at radius 1 is 1.05 bits per heavy atom. The Balaban J connectivity index is 1.18. The number of nitrogens with zero attached hydrogens (tertiary/aromatic N) is 8. The third-order valence-electron chi connectivity index (χ3n) is 7.61. The molecule has 0 saturated carbocycles. The summed E-state index contributed by atoms with van der Waals surface area (Å²) in [4.78, 5) is 25.6. The number of rotatable bonds is 8. The molecular weight excluding hydrogens is 530 g/mol. The van der Waals surface area contributed by atoms with E-state index in [4.69, 9.17) is 4.74 Å². The normalized spacial score (nSPS) is 16.0. The average Bonchev–Trinajstić information content (AvgIpc) is 3.55. The summed E-state index contributed by atoms with van der Waals surface area (Å²) >= 11 is 0. The minimum absolute atomic E-state index is 0.0896. The number of nitrogens with one attached hydrogen (secondary N) is 1. The lowest BCUT2D eigenvalue weighted by molar-refractivity contribution is -0.126. The van der Waals surface area contributed by atoms with Crippen molar-refractivity contribution >= 4 is 28.6 Å². The number of aromatic nitrogens is 6. The summed E-state index contributed by atoms with van der Waals surface area (Å²) in [5.41, 5.74) is 4.78. The summed E-state index contributed by atoms with van der Waals surface area (Å²) in [7, 11) is 3.99. The molecule has 1 atom stereocenters. The average molecular weight is 566 g/mol. The molecule has 0 aliphatic carbocycles. The Labute approximate surface area is 244 Å². The Bertz CT molecular complexity index is 1740. The van der Waals surface area contributed by atoms with E-state index in [1.54, 1.807) is 16.9 Å². The van der Waals surface area contributed by atoms with Crippen LogP contribution in [0.2, 0.25) is 0 Å². The number of fused-ring (bicyclic) bond motifs is 2. The zero-order valence-electron chi connectivity index (χ0n) is 24.1. The number of ether oxygens (including phenoxy) is 1. The number of hydrogen-bond acceptors (Lipinski definition) is 8. The van der Waals surface area contributed by atoms with Gasteiger partial charge in [-0.25, -0.2) is 19.0 Å². The van der Waals surface area contributed by atoms with E-state index in [1.807, 2.05) is 84.1 Å². The van der Waals surface area contributed by atoms with Crippen LogP contribution >= 0.6 is 0 Å². The summed E-state index contributed by atoms with van der Waals surface area (Å²) < 4.78 is 9.72. The lowest BCUT2D eigenvalue weighted by Crippen LogP contribution is -2.30. The first kappa shape index (κ1) is 27.4. The van der Waals surface area contributed by atoms with Crippen LogP contribution in [-0.2, 0) is 4.79 Å². The van der Waals surface area contributed by atoms with Crippen molar-refractivity contribution in [3.8, 4) is 11.5 Å². The number of likely N-dealkylation sites (tertiary alicyclic amines) is 1. The monoisotopic (exact) mass is 565 g/mol. The zero-order chi connectivity index (χ0) is 29.1. The second kappa shape index (κ2) is 12.0. The number of likely N-dealkylation sites (N-methyl/N-ethyl adjacent to an activating group) is 1. The standard InChI is InChI=1S/C31H35N9O2/c1-22-18-24(8-9-27(22)42-25-11-16-39-28(19-25)32-20-34-39)36-31-30-26(12-17-40(30)35-21-33-31)23-6-4-14-38(15-10-23)29(41)7-5-13-37(2)3/h5,7-9,11-12,16-21,23H,4,6,10,13-15H2,1-3H3,(H,33,35,36)/b7-5+/t23-/m1/s1. The van der Waals surface area contributed by atoms with Gasteiger partial charge in [0, 0.05) is 49.9 Å². The zero-order valence-corrected chi connectivity index (χ0v) is 24.1. The number of carbonyl (C=O) groups is 1. The van der Waals surface area contributed by atoms with Crippen LogP contribution in [-0.4, -0.2) is 78.6 Å². The predicted molar refractivity (Wildman–Crippen MR) is 161 cm³/mol. The number of pyridine rings is 1. The van der Waals surface area contributed by atoms with Crippen LogP contribution in [0.25, 0.3) is 11.2 Å². The molecular formula is C31H35N9O2. The van der Waals surface area contributed by atoms with Gasteiger partial charge in [0.2, 0.25) is 5.91 Å². The first-order valence-corrected chi connectivity index (χ1v) is 14.2. The molecule has 42 heavy (non-hydrogen) atoms. The van der Waals surface area contributed by atoms with E-state index in [0.29, 0.717) is 11.7 Å². The highest BCUT2D eigenvalue weighted by Gasteiger charge is 2.24. The molecule has 1 saturated heterocycles. The van der Waals surface area contributed by atoms with Crippen molar-refractivity contribution in [2.75, 3.05) is 39.0 Å². The van der Waals surface area contributed by atoms with Gasteiger partial charge in [0.05, 0.1) is 0 Å². The van der Waals surface area contributed by atoms with Gasteiger partial charge in [0.15, 0.2) is 11.5 Å². The lowest BCUT2D eigenvalue weighted by atomic mass is 9.93. The van der Waals surface area contributed by atoms with Crippen LogP contribution in [0.3, 0.4) is 0 Å². The predicted octanol–water partition coefficient (Wildman–Crippen LogP) is 4.83. The molecule has 1 N–H and O–H groups in total. The molecule has 1 aromatic carbocycles. The lowest BCUT2D eigenvalue weighted by Gasteiger charge is -2.19. The van der Waals surface area contributed by atoms with Crippen LogP contribution in [0.5, 0.6) is 11.5 Å². The molecule has 0 unspecified atom stereocenters. The van der Waals surface area contributed by atoms with E-state index in [9.17, 15) is 4.79 Å². The van der Waals surface area contributed by atoms with Gasteiger partial charge in [-0.1, -0.05) is 6.08 Å². The van der Waals surface area contributed by atoms with Crippen molar-refractivity contribution in [2.24, 2.45) is 0 Å². The minimum atomic E-state index is 0.0896. The third kappa shape index (κ3) is 5.96. The molecule has 1 amide bonds. The smallest absolute Gasteiger partial charge is 0.246 e. The fraction of sp³-hybridized carbons (Fsp3) is 0.323. The quantitative estimate of drug-likeness (QED) is 0.267. The summed E-state index contributed by atoms with van der Waals surface area (Å²) in [5.74, 6) is 2.61. The van der Waals surface area contributed by atoms with Gasteiger partial charge in [0.25, 0.3) is 0 Å². The van der Waals surface area contributed by atoms with Gasteiger partial charge in [-0.3, -0.25) is 4.79 Å². The van der Waals surface area contributed by atoms with E-state index in [1.165, 1.54) is 11.9 Å². The molecule has 216 valence electrons. The molecule has 11 heteroatoms. The highest BCUT2D eigenvalue weighted by atomic mass is 16.5. The molecule has 5 heterocycles. The summed E-state index contributed by atoms with van der Waals surface area (Å²) in [6.45, 7) is 4.27. The van der Waals surface area contributed by atoms with E-state index in [0.717, 1.165) is 72.9 Å². The molecule has 0 radical (unpaired) electrons. The van der Waals surface area contributed by atoms with E-state index >= 15 is 0 Å². The minimum Gasteiger partial charge on any atom is -0.457 e. The first-order valence-electron chi connectivity index (χ1n) is 14.2. The maximum absolute atomic E-state index is 12.8. The van der Waals surface area contributed by atoms with Gasteiger partial charge < -0.3 is 19.9 Å². The maximum Gasteiger partial charge on any atom is 0.246 e. The third-order valence-corrected chi connectivity index (χ3v) is 7.61. The van der Waals surface area contributed by atoms with Gasteiger partial charge in [-0.15, -0.1) is 0 Å². The number of anilines is 2. The van der Waals surface area contributed by atoms with Gasteiger partial charge >= 0.3 is 0 Å². The number of amides is 1. The van der Waals surface area contributed by atoms with E-state index in [2.05, 4.69) is 31.5 Å². The molecule has 11 nitrogen and oxygen atoms in total. The molecule has 1 aliphatic rings. The van der Waals surface area contributed by atoms with Gasteiger partial charge in [-0.2, -0.15) is 10.2 Å². The number of carbonyl (C=O) groups excluding carboxylic acids is 1. The Hall–Kier alpha value is -4.77. The fourth-order valence-corrected chi connectivity index (χ4v) is 5.46.